The van der Waals surface area contributed by atoms with Crippen molar-refractivity contribution >= 4 is 40.9 Å². The zero-order chi connectivity index (χ0) is 19.2. The molecule has 0 aliphatic rings. The van der Waals surface area contributed by atoms with Gasteiger partial charge in [-0.3, -0.25) is 0 Å². The Bertz CT molecular complexity index is 1070. The van der Waals surface area contributed by atoms with E-state index in [0.717, 1.165) is 40.5 Å². The van der Waals surface area contributed by atoms with Crippen molar-refractivity contribution in [3.8, 4) is 0 Å². The predicted molar refractivity (Wildman–Crippen MR) is 117 cm³/mol. The molecule has 1 N–H and O–H groups in total. The molecule has 2 heterocycles. The van der Waals surface area contributed by atoms with E-state index >= 15 is 0 Å². The fourth-order valence-corrected chi connectivity index (χ4v) is 3.29. The highest BCUT2D eigenvalue weighted by molar-refractivity contribution is 7.98. The molecule has 0 radical (unpaired) electrons. The quantitative estimate of drug-likeness (QED) is 0.364. The number of hydrogen-bond acceptors (Lipinski definition) is 5. The number of nitrogens with zero attached hydrogens (tertiary/aromatic N) is 4. The van der Waals surface area contributed by atoms with Crippen molar-refractivity contribution in [2.24, 2.45) is 0 Å². The van der Waals surface area contributed by atoms with Crippen molar-refractivity contribution in [2.45, 2.75) is 11.6 Å². The van der Waals surface area contributed by atoms with Gasteiger partial charge in [-0.1, -0.05) is 72.4 Å². The van der Waals surface area contributed by atoms with E-state index in [1.54, 1.807) is 4.68 Å². The third kappa shape index (κ3) is 4.23. The van der Waals surface area contributed by atoms with Crippen LogP contribution in [0.5, 0.6) is 0 Å². The summed E-state index contributed by atoms with van der Waals surface area (Å²) in [5.41, 5.74) is 3.21. The van der Waals surface area contributed by atoms with Gasteiger partial charge in [-0.2, -0.15) is 5.10 Å². The molecule has 0 atom stereocenters. The lowest BCUT2D eigenvalue weighted by Crippen LogP contribution is -2.08. The average molecular weight is 388 g/mol. The normalized spacial score (nSPS) is 11.3. The van der Waals surface area contributed by atoms with Gasteiger partial charge in [0.2, 0.25) is 0 Å². The summed E-state index contributed by atoms with van der Waals surface area (Å²) in [7, 11) is 0. The number of rotatable bonds is 7. The molecule has 4 rings (SSSR count). The van der Waals surface area contributed by atoms with E-state index in [1.165, 1.54) is 17.3 Å². The minimum Gasteiger partial charge on any atom is -0.369 e. The van der Waals surface area contributed by atoms with Crippen molar-refractivity contribution in [2.75, 3.05) is 18.1 Å². The molecule has 0 bridgehead atoms. The summed E-state index contributed by atoms with van der Waals surface area (Å²) in [5.74, 6) is 0.824. The topological polar surface area (TPSA) is 55.6 Å². The second kappa shape index (κ2) is 8.71. The molecule has 0 fully saturated rings. The van der Waals surface area contributed by atoms with Crippen LogP contribution >= 0.6 is 11.8 Å². The zero-order valence-corrected chi connectivity index (χ0v) is 16.4. The molecule has 2 aromatic heterocycles. The zero-order valence-electron chi connectivity index (χ0n) is 15.6. The summed E-state index contributed by atoms with van der Waals surface area (Å²) in [6.07, 6.45) is 8.69. The van der Waals surface area contributed by atoms with Crippen LogP contribution in [0, 0.1) is 0 Å². The third-order valence-corrected chi connectivity index (χ3v) is 4.92. The van der Waals surface area contributed by atoms with Crippen molar-refractivity contribution < 1.29 is 0 Å². The van der Waals surface area contributed by atoms with Crippen LogP contribution in [0.25, 0.3) is 23.3 Å². The fourth-order valence-electron chi connectivity index (χ4n) is 2.93. The Kier molecular flexibility index (Phi) is 5.68. The Morgan fingerprint density at radius 3 is 2.50 bits per heavy atom. The lowest BCUT2D eigenvalue weighted by atomic mass is 10.1. The summed E-state index contributed by atoms with van der Waals surface area (Å²) >= 11 is 1.53. The van der Waals surface area contributed by atoms with Crippen LogP contribution in [-0.4, -0.2) is 32.5 Å². The van der Waals surface area contributed by atoms with Crippen molar-refractivity contribution in [1.29, 1.82) is 0 Å². The molecular weight excluding hydrogens is 366 g/mol. The highest BCUT2D eigenvalue weighted by Gasteiger charge is 2.11. The molecule has 0 unspecified atom stereocenters. The molecule has 0 spiro atoms. The van der Waals surface area contributed by atoms with Gasteiger partial charge in [0.05, 0.1) is 11.6 Å². The molecule has 4 aromatic rings. The Morgan fingerprint density at radius 1 is 1.00 bits per heavy atom. The van der Waals surface area contributed by atoms with E-state index in [4.69, 9.17) is 0 Å². The summed E-state index contributed by atoms with van der Waals surface area (Å²) < 4.78 is 1.80. The van der Waals surface area contributed by atoms with Crippen LogP contribution < -0.4 is 5.32 Å². The number of thioether (sulfide) groups is 1. The van der Waals surface area contributed by atoms with E-state index in [0.29, 0.717) is 0 Å². The predicted octanol–water partition coefficient (Wildman–Crippen LogP) is 4.83. The van der Waals surface area contributed by atoms with Gasteiger partial charge in [-0.05, 0) is 29.9 Å². The molecule has 0 aliphatic heterocycles. The van der Waals surface area contributed by atoms with Gasteiger partial charge in [0.15, 0.2) is 10.8 Å². The third-order valence-electron chi connectivity index (χ3n) is 4.37. The fraction of sp³-hybridized carbons (Fsp3) is 0.136. The van der Waals surface area contributed by atoms with Crippen LogP contribution in [0.4, 0.5) is 5.82 Å². The smallest absolute Gasteiger partial charge is 0.191 e. The number of anilines is 1. The molecule has 28 heavy (non-hydrogen) atoms. The first-order valence-electron chi connectivity index (χ1n) is 9.14. The molecule has 140 valence electrons. The second-order valence-corrected chi connectivity index (χ2v) is 7.05. The second-order valence-electron chi connectivity index (χ2n) is 6.27. The molecule has 0 amide bonds. The first-order chi connectivity index (χ1) is 13.8. The number of aromatic nitrogens is 4. The van der Waals surface area contributed by atoms with E-state index < -0.39 is 0 Å². The van der Waals surface area contributed by atoms with Crippen molar-refractivity contribution in [3.05, 3.63) is 78.0 Å². The van der Waals surface area contributed by atoms with Gasteiger partial charge in [-0.15, -0.1) is 0 Å². The first-order valence-corrected chi connectivity index (χ1v) is 10.4. The maximum Gasteiger partial charge on any atom is 0.191 e. The summed E-state index contributed by atoms with van der Waals surface area (Å²) in [4.78, 5) is 9.30. The maximum atomic E-state index is 4.65. The monoisotopic (exact) mass is 387 g/mol. The molecule has 0 saturated heterocycles. The van der Waals surface area contributed by atoms with Gasteiger partial charge in [-0.25, -0.2) is 14.6 Å². The lowest BCUT2D eigenvalue weighted by molar-refractivity contribution is 0.915. The molecule has 5 nitrogen and oxygen atoms in total. The van der Waals surface area contributed by atoms with Crippen molar-refractivity contribution in [3.63, 3.8) is 0 Å². The lowest BCUT2D eigenvalue weighted by Gasteiger charge is -2.08. The van der Waals surface area contributed by atoms with Gasteiger partial charge < -0.3 is 5.32 Å². The van der Waals surface area contributed by atoms with E-state index in [1.807, 2.05) is 49.0 Å². The molecule has 0 saturated carbocycles. The highest BCUT2D eigenvalue weighted by Crippen LogP contribution is 2.24. The SMILES string of the molecule is CSc1nc(NCCc2ccccc2)c2cnn(/C=C\c3ccccc3)c2n1. The van der Waals surface area contributed by atoms with Crippen LogP contribution in [-0.2, 0) is 6.42 Å². The minimum absolute atomic E-state index is 0.726. The Balaban J connectivity index is 1.58. The molecule has 6 heteroatoms. The van der Waals surface area contributed by atoms with Crippen LogP contribution in [0.1, 0.15) is 11.1 Å². The summed E-state index contributed by atoms with van der Waals surface area (Å²) in [6.45, 7) is 0.801. The van der Waals surface area contributed by atoms with Crippen LogP contribution in [0.15, 0.2) is 72.0 Å². The van der Waals surface area contributed by atoms with E-state index in [-0.39, 0.29) is 0 Å². The highest BCUT2D eigenvalue weighted by atomic mass is 32.2. The summed E-state index contributed by atoms with van der Waals surface area (Å²) in [6, 6.07) is 20.6. The number of benzene rings is 2. The summed E-state index contributed by atoms with van der Waals surface area (Å²) in [5, 5.41) is 9.59. The Morgan fingerprint density at radius 2 is 1.75 bits per heavy atom. The van der Waals surface area contributed by atoms with Crippen molar-refractivity contribution in [1.82, 2.24) is 19.7 Å². The standard InChI is InChI=1S/C22H21N5S/c1-28-22-25-20(23-14-12-17-8-4-2-5-9-17)19-16-24-27(21(19)26-22)15-13-18-10-6-3-7-11-18/h2-11,13,15-16H,12,14H2,1H3,(H,23,25,26)/b15-13-. The largest absolute Gasteiger partial charge is 0.369 e. The molecular formula is C22H21N5S. The van der Waals surface area contributed by atoms with Gasteiger partial charge in [0, 0.05) is 12.7 Å². The Labute approximate surface area is 168 Å². The maximum absolute atomic E-state index is 4.65. The minimum atomic E-state index is 0.726. The molecule has 2 aromatic carbocycles. The Hall–Kier alpha value is -3.12. The van der Waals surface area contributed by atoms with E-state index in [9.17, 15) is 0 Å². The average Bonchev–Trinajstić information content (AvgIpc) is 3.17. The number of hydrogen-bond donors (Lipinski definition) is 1. The molecule has 0 aliphatic carbocycles. The number of fused-ring (bicyclic) bond motifs is 1. The van der Waals surface area contributed by atoms with Gasteiger partial charge in [0.25, 0.3) is 0 Å². The van der Waals surface area contributed by atoms with Gasteiger partial charge >= 0.3 is 0 Å². The first kappa shape index (κ1) is 18.3. The van der Waals surface area contributed by atoms with Crippen LogP contribution in [0.3, 0.4) is 0 Å². The van der Waals surface area contributed by atoms with Gasteiger partial charge in [0.1, 0.15) is 5.82 Å². The van der Waals surface area contributed by atoms with E-state index in [2.05, 4.69) is 56.8 Å². The number of nitrogens with one attached hydrogen (secondary N) is 1. The van der Waals surface area contributed by atoms with Crippen LogP contribution in [0.2, 0.25) is 0 Å².